The van der Waals surface area contributed by atoms with Gasteiger partial charge in [0.1, 0.15) is 0 Å². The van der Waals surface area contributed by atoms with Crippen LogP contribution < -0.4 is 5.73 Å². The van der Waals surface area contributed by atoms with Crippen LogP contribution in [0.4, 0.5) is 0 Å². The van der Waals surface area contributed by atoms with Crippen molar-refractivity contribution in [1.29, 1.82) is 0 Å². The van der Waals surface area contributed by atoms with E-state index >= 15 is 0 Å². The Morgan fingerprint density at radius 3 is 2.27 bits per heavy atom. The maximum Gasteiger partial charge on any atom is 0.0901 e. The number of rotatable bonds is 4. The van der Waals surface area contributed by atoms with Crippen LogP contribution in [0.15, 0.2) is 0 Å². The minimum absolute atomic E-state index is 0.321. The molecule has 0 aromatic heterocycles. The van der Waals surface area contributed by atoms with Gasteiger partial charge >= 0.3 is 0 Å². The van der Waals surface area contributed by atoms with Crippen molar-refractivity contribution in [3.05, 3.63) is 0 Å². The molecule has 0 saturated carbocycles. The van der Waals surface area contributed by atoms with Crippen molar-refractivity contribution in [3.8, 4) is 0 Å². The highest BCUT2D eigenvalue weighted by molar-refractivity contribution is 7.80. The molecule has 0 aliphatic carbocycles. The van der Waals surface area contributed by atoms with Crippen molar-refractivity contribution in [2.45, 2.75) is 52.5 Å². The van der Waals surface area contributed by atoms with E-state index in [0.717, 1.165) is 19.5 Å². The second kappa shape index (κ2) is 5.26. The first-order valence-electron chi connectivity index (χ1n) is 6.06. The first-order valence-corrected chi connectivity index (χ1v) is 6.46. The molecule has 1 saturated heterocycles. The van der Waals surface area contributed by atoms with Gasteiger partial charge in [-0.05, 0) is 37.8 Å². The molecule has 88 valence electrons. The third-order valence-corrected chi connectivity index (χ3v) is 4.29. The molecular weight excluding hydrogens is 204 g/mol. The van der Waals surface area contributed by atoms with E-state index in [1.807, 2.05) is 0 Å². The third-order valence-electron chi connectivity index (χ3n) is 4.01. The standard InChI is InChI=1S/C12H24N2S/c1-4-10(11(13)15)14-8-6-12(3,5-2)7-9-14/h10H,4-9H2,1-3H3,(H2,13,15). The van der Waals surface area contributed by atoms with Gasteiger partial charge in [0.2, 0.25) is 0 Å². The molecule has 1 atom stereocenters. The Kier molecular flexibility index (Phi) is 4.53. The van der Waals surface area contributed by atoms with E-state index in [2.05, 4.69) is 25.7 Å². The summed E-state index contributed by atoms with van der Waals surface area (Å²) in [6.45, 7) is 9.16. The average molecular weight is 228 g/mol. The molecule has 1 fully saturated rings. The molecule has 1 aliphatic rings. The van der Waals surface area contributed by atoms with Crippen LogP contribution in [0.1, 0.15) is 46.5 Å². The lowest BCUT2D eigenvalue weighted by Gasteiger charge is -2.42. The topological polar surface area (TPSA) is 29.3 Å². The predicted molar refractivity (Wildman–Crippen MR) is 70.1 cm³/mol. The van der Waals surface area contributed by atoms with E-state index in [4.69, 9.17) is 18.0 Å². The van der Waals surface area contributed by atoms with Gasteiger partial charge in [-0.2, -0.15) is 0 Å². The Balaban J connectivity index is 2.52. The second-order valence-electron chi connectivity index (χ2n) is 5.03. The van der Waals surface area contributed by atoms with Crippen molar-refractivity contribution in [2.24, 2.45) is 11.1 Å². The van der Waals surface area contributed by atoms with E-state index in [1.165, 1.54) is 19.3 Å². The van der Waals surface area contributed by atoms with Gasteiger partial charge in [0, 0.05) is 0 Å². The van der Waals surface area contributed by atoms with Crippen molar-refractivity contribution in [3.63, 3.8) is 0 Å². The first kappa shape index (κ1) is 12.9. The summed E-state index contributed by atoms with van der Waals surface area (Å²) in [5, 5.41) is 0. The molecule has 1 rings (SSSR count). The summed E-state index contributed by atoms with van der Waals surface area (Å²) in [5.74, 6) is 0. The Morgan fingerprint density at radius 2 is 1.93 bits per heavy atom. The zero-order valence-electron chi connectivity index (χ0n) is 10.3. The van der Waals surface area contributed by atoms with E-state index in [-0.39, 0.29) is 0 Å². The molecule has 0 amide bonds. The van der Waals surface area contributed by atoms with Gasteiger partial charge in [-0.3, -0.25) is 4.90 Å². The number of nitrogens with zero attached hydrogens (tertiary/aromatic N) is 1. The van der Waals surface area contributed by atoms with Crippen LogP contribution in [0.2, 0.25) is 0 Å². The van der Waals surface area contributed by atoms with E-state index in [0.29, 0.717) is 16.4 Å². The summed E-state index contributed by atoms with van der Waals surface area (Å²) in [4.78, 5) is 3.12. The van der Waals surface area contributed by atoms with Crippen molar-refractivity contribution < 1.29 is 0 Å². The molecule has 0 radical (unpaired) electrons. The van der Waals surface area contributed by atoms with Gasteiger partial charge in [0.25, 0.3) is 0 Å². The second-order valence-corrected chi connectivity index (χ2v) is 5.50. The van der Waals surface area contributed by atoms with Crippen LogP contribution >= 0.6 is 12.2 Å². The fourth-order valence-corrected chi connectivity index (χ4v) is 2.68. The van der Waals surface area contributed by atoms with Crippen LogP contribution in [0.5, 0.6) is 0 Å². The number of likely N-dealkylation sites (tertiary alicyclic amines) is 1. The van der Waals surface area contributed by atoms with Gasteiger partial charge in [-0.25, -0.2) is 0 Å². The Hall–Kier alpha value is -0.150. The monoisotopic (exact) mass is 228 g/mol. The van der Waals surface area contributed by atoms with Crippen LogP contribution in [0, 0.1) is 5.41 Å². The molecule has 0 spiro atoms. The van der Waals surface area contributed by atoms with Gasteiger partial charge in [0.05, 0.1) is 11.0 Å². The molecule has 2 N–H and O–H groups in total. The van der Waals surface area contributed by atoms with Crippen LogP contribution in [-0.4, -0.2) is 29.0 Å². The maximum absolute atomic E-state index is 5.77. The molecule has 3 heteroatoms. The van der Waals surface area contributed by atoms with Crippen molar-refractivity contribution >= 4 is 17.2 Å². The van der Waals surface area contributed by atoms with Gasteiger partial charge < -0.3 is 5.73 Å². The number of hydrogen-bond acceptors (Lipinski definition) is 2. The summed E-state index contributed by atoms with van der Waals surface area (Å²) in [6.07, 6.45) is 4.88. The largest absolute Gasteiger partial charge is 0.392 e. The molecule has 15 heavy (non-hydrogen) atoms. The summed E-state index contributed by atoms with van der Waals surface area (Å²) in [6, 6.07) is 0.321. The molecule has 0 aromatic rings. The number of hydrogen-bond donors (Lipinski definition) is 1. The van der Waals surface area contributed by atoms with Crippen molar-refractivity contribution in [1.82, 2.24) is 4.90 Å². The first-order chi connectivity index (χ1) is 7.02. The quantitative estimate of drug-likeness (QED) is 0.750. The molecule has 1 heterocycles. The fraction of sp³-hybridized carbons (Fsp3) is 0.917. The summed E-state index contributed by atoms with van der Waals surface area (Å²) in [5.41, 5.74) is 6.31. The summed E-state index contributed by atoms with van der Waals surface area (Å²) < 4.78 is 0. The minimum Gasteiger partial charge on any atom is -0.392 e. The Labute approximate surface area is 99.2 Å². The van der Waals surface area contributed by atoms with Crippen LogP contribution in [0.25, 0.3) is 0 Å². The van der Waals surface area contributed by atoms with Crippen LogP contribution in [0.3, 0.4) is 0 Å². The fourth-order valence-electron chi connectivity index (χ4n) is 2.37. The predicted octanol–water partition coefficient (Wildman–Crippen LogP) is 2.56. The molecule has 0 aromatic carbocycles. The Bertz CT molecular complexity index is 220. The zero-order valence-corrected chi connectivity index (χ0v) is 11.1. The average Bonchev–Trinajstić information content (AvgIpc) is 2.22. The lowest BCUT2D eigenvalue weighted by atomic mass is 9.78. The van der Waals surface area contributed by atoms with E-state index < -0.39 is 0 Å². The van der Waals surface area contributed by atoms with Crippen LogP contribution in [-0.2, 0) is 0 Å². The highest BCUT2D eigenvalue weighted by Crippen LogP contribution is 2.34. The summed E-state index contributed by atoms with van der Waals surface area (Å²) in [7, 11) is 0. The number of thiocarbonyl (C=S) groups is 1. The lowest BCUT2D eigenvalue weighted by Crippen LogP contribution is -2.49. The van der Waals surface area contributed by atoms with E-state index in [9.17, 15) is 0 Å². The number of piperidine rings is 1. The zero-order chi connectivity index (χ0) is 11.5. The molecule has 1 unspecified atom stereocenters. The van der Waals surface area contributed by atoms with Gasteiger partial charge in [-0.15, -0.1) is 0 Å². The Morgan fingerprint density at radius 1 is 1.40 bits per heavy atom. The van der Waals surface area contributed by atoms with Gasteiger partial charge in [0.15, 0.2) is 0 Å². The molecule has 2 nitrogen and oxygen atoms in total. The molecular formula is C12H24N2S. The summed E-state index contributed by atoms with van der Waals surface area (Å²) >= 11 is 5.12. The third kappa shape index (κ3) is 3.15. The van der Waals surface area contributed by atoms with Gasteiger partial charge in [-0.1, -0.05) is 39.4 Å². The minimum atomic E-state index is 0.321. The molecule has 0 bridgehead atoms. The molecule has 1 aliphatic heterocycles. The van der Waals surface area contributed by atoms with E-state index in [1.54, 1.807) is 0 Å². The highest BCUT2D eigenvalue weighted by atomic mass is 32.1. The van der Waals surface area contributed by atoms with Crippen molar-refractivity contribution in [2.75, 3.05) is 13.1 Å². The number of nitrogens with two attached hydrogens (primary N) is 1. The maximum atomic E-state index is 5.77. The lowest BCUT2D eigenvalue weighted by molar-refractivity contribution is 0.0998. The SMILES string of the molecule is CCC(C(N)=S)N1CCC(C)(CC)CC1. The smallest absolute Gasteiger partial charge is 0.0901 e. The highest BCUT2D eigenvalue weighted by Gasteiger charge is 2.31. The normalized spacial score (nSPS) is 23.7.